The van der Waals surface area contributed by atoms with Gasteiger partial charge in [-0.15, -0.1) is 0 Å². The Hall–Kier alpha value is -2.57. The van der Waals surface area contributed by atoms with Crippen LogP contribution in [0.4, 0.5) is 5.69 Å². The SMILES string of the molecule is Cc1ccc(CN2CC(C(=O)NCC(=O)Nc3cc(Cl)ccc3Cl)CC2=O)cc1. The number of carbonyl (C=O) groups excluding carboxylic acids is 3. The minimum absolute atomic E-state index is 0.0686. The third kappa shape index (κ3) is 5.71. The van der Waals surface area contributed by atoms with E-state index in [1.807, 2.05) is 31.2 Å². The van der Waals surface area contributed by atoms with Crippen molar-refractivity contribution in [2.45, 2.75) is 19.9 Å². The minimum Gasteiger partial charge on any atom is -0.347 e. The van der Waals surface area contributed by atoms with Gasteiger partial charge in [0.15, 0.2) is 0 Å². The maximum Gasteiger partial charge on any atom is 0.243 e. The summed E-state index contributed by atoms with van der Waals surface area (Å²) in [5, 5.41) is 5.98. The lowest BCUT2D eigenvalue weighted by Crippen LogP contribution is -2.37. The number of nitrogens with zero attached hydrogens (tertiary/aromatic N) is 1. The molecule has 1 fully saturated rings. The lowest BCUT2D eigenvalue weighted by Gasteiger charge is -2.17. The number of benzene rings is 2. The number of halogens is 2. The van der Waals surface area contributed by atoms with Gasteiger partial charge in [-0.2, -0.15) is 0 Å². The predicted molar refractivity (Wildman–Crippen MR) is 113 cm³/mol. The number of likely N-dealkylation sites (tertiary alicyclic amines) is 1. The molecule has 0 saturated carbocycles. The minimum atomic E-state index is -0.476. The van der Waals surface area contributed by atoms with Crippen molar-refractivity contribution in [3.8, 4) is 0 Å². The van der Waals surface area contributed by atoms with Gasteiger partial charge in [0.25, 0.3) is 0 Å². The Morgan fingerprint density at radius 2 is 1.86 bits per heavy atom. The van der Waals surface area contributed by atoms with Gasteiger partial charge in [-0.1, -0.05) is 53.0 Å². The van der Waals surface area contributed by atoms with Gasteiger partial charge in [0.1, 0.15) is 0 Å². The van der Waals surface area contributed by atoms with Gasteiger partial charge >= 0.3 is 0 Å². The van der Waals surface area contributed by atoms with Crippen LogP contribution in [0.15, 0.2) is 42.5 Å². The van der Waals surface area contributed by atoms with E-state index in [0.717, 1.165) is 11.1 Å². The number of anilines is 1. The molecule has 1 heterocycles. The number of hydrogen-bond acceptors (Lipinski definition) is 3. The van der Waals surface area contributed by atoms with E-state index in [-0.39, 0.29) is 24.8 Å². The predicted octanol–water partition coefficient (Wildman–Crippen LogP) is 3.41. The second-order valence-electron chi connectivity index (χ2n) is 7.05. The van der Waals surface area contributed by atoms with Crippen LogP contribution in [0.1, 0.15) is 17.5 Å². The summed E-state index contributed by atoms with van der Waals surface area (Å²) in [7, 11) is 0. The van der Waals surface area contributed by atoms with Gasteiger partial charge in [-0.05, 0) is 30.7 Å². The van der Waals surface area contributed by atoms with E-state index in [4.69, 9.17) is 23.2 Å². The van der Waals surface area contributed by atoms with Crippen molar-refractivity contribution >= 4 is 46.6 Å². The molecule has 0 bridgehead atoms. The summed E-state index contributed by atoms with van der Waals surface area (Å²) >= 11 is 11.9. The maximum atomic E-state index is 12.4. The topological polar surface area (TPSA) is 78.5 Å². The van der Waals surface area contributed by atoms with Crippen molar-refractivity contribution in [1.82, 2.24) is 10.2 Å². The van der Waals surface area contributed by atoms with Crippen LogP contribution >= 0.6 is 23.2 Å². The third-order valence-corrected chi connectivity index (χ3v) is 5.27. The van der Waals surface area contributed by atoms with Crippen LogP contribution in [0, 0.1) is 12.8 Å². The fourth-order valence-electron chi connectivity index (χ4n) is 3.11. The fourth-order valence-corrected chi connectivity index (χ4v) is 3.45. The highest BCUT2D eigenvalue weighted by molar-refractivity contribution is 6.35. The maximum absolute atomic E-state index is 12.4. The van der Waals surface area contributed by atoms with Crippen LogP contribution in [0.5, 0.6) is 0 Å². The zero-order valence-electron chi connectivity index (χ0n) is 15.9. The number of hydrogen-bond donors (Lipinski definition) is 2. The summed E-state index contributed by atoms with van der Waals surface area (Å²) in [5.41, 5.74) is 2.54. The Morgan fingerprint density at radius 1 is 1.14 bits per heavy atom. The average Bonchev–Trinajstić information content (AvgIpc) is 3.05. The third-order valence-electron chi connectivity index (χ3n) is 4.70. The molecule has 1 atom stereocenters. The van der Waals surface area contributed by atoms with Gasteiger partial charge in [0.05, 0.1) is 23.2 Å². The van der Waals surface area contributed by atoms with Crippen LogP contribution in [0.3, 0.4) is 0 Å². The molecular formula is C21H21Cl2N3O3. The Balaban J connectivity index is 1.49. The van der Waals surface area contributed by atoms with Crippen molar-refractivity contribution < 1.29 is 14.4 Å². The first-order valence-corrected chi connectivity index (χ1v) is 9.93. The number of carbonyl (C=O) groups is 3. The largest absolute Gasteiger partial charge is 0.347 e. The summed E-state index contributed by atoms with van der Waals surface area (Å²) in [4.78, 5) is 38.4. The van der Waals surface area contributed by atoms with Crippen molar-refractivity contribution in [2.75, 3.05) is 18.4 Å². The summed E-state index contributed by atoms with van der Waals surface area (Å²) < 4.78 is 0. The van der Waals surface area contributed by atoms with E-state index >= 15 is 0 Å². The first kappa shape index (κ1) is 21.1. The first-order chi connectivity index (χ1) is 13.8. The summed E-state index contributed by atoms with van der Waals surface area (Å²) in [6, 6.07) is 12.6. The van der Waals surface area contributed by atoms with Gasteiger partial charge in [0.2, 0.25) is 17.7 Å². The molecule has 29 heavy (non-hydrogen) atoms. The molecule has 1 aliphatic heterocycles. The molecule has 0 aromatic heterocycles. The van der Waals surface area contributed by atoms with Gasteiger partial charge in [-0.3, -0.25) is 14.4 Å². The molecule has 2 N–H and O–H groups in total. The molecular weight excluding hydrogens is 413 g/mol. The van der Waals surface area contributed by atoms with E-state index in [1.54, 1.807) is 17.0 Å². The molecule has 152 valence electrons. The number of amides is 3. The standard InChI is InChI=1S/C21H21Cl2N3O3/c1-13-2-4-14(5-3-13)11-26-12-15(8-20(26)28)21(29)24-10-19(27)25-18-9-16(22)6-7-17(18)23/h2-7,9,15H,8,10-12H2,1H3,(H,24,29)(H,25,27). The van der Waals surface area contributed by atoms with Crippen molar-refractivity contribution in [2.24, 2.45) is 5.92 Å². The molecule has 1 aliphatic rings. The molecule has 3 amide bonds. The van der Waals surface area contributed by atoms with Crippen molar-refractivity contribution in [3.63, 3.8) is 0 Å². The Labute approximate surface area is 179 Å². The zero-order chi connectivity index (χ0) is 21.0. The lowest BCUT2D eigenvalue weighted by atomic mass is 10.1. The second-order valence-corrected chi connectivity index (χ2v) is 7.89. The fraction of sp³-hybridized carbons (Fsp3) is 0.286. The highest BCUT2D eigenvalue weighted by Crippen LogP contribution is 2.25. The second kappa shape index (κ2) is 9.29. The van der Waals surface area contributed by atoms with Crippen LogP contribution in [0.2, 0.25) is 10.0 Å². The monoisotopic (exact) mass is 433 g/mol. The smallest absolute Gasteiger partial charge is 0.243 e. The highest BCUT2D eigenvalue weighted by Gasteiger charge is 2.34. The van der Waals surface area contributed by atoms with Crippen LogP contribution in [0.25, 0.3) is 0 Å². The van der Waals surface area contributed by atoms with Crippen LogP contribution in [-0.2, 0) is 20.9 Å². The molecule has 0 spiro atoms. The van der Waals surface area contributed by atoms with Gasteiger partial charge in [0, 0.05) is 24.5 Å². The average molecular weight is 434 g/mol. The quantitative estimate of drug-likeness (QED) is 0.732. The molecule has 0 aliphatic carbocycles. The molecule has 2 aromatic carbocycles. The summed E-state index contributed by atoms with van der Waals surface area (Å²) in [6.07, 6.45) is 0.138. The molecule has 8 heteroatoms. The van der Waals surface area contributed by atoms with Crippen molar-refractivity contribution in [3.05, 3.63) is 63.6 Å². The first-order valence-electron chi connectivity index (χ1n) is 9.18. The number of nitrogens with one attached hydrogen (secondary N) is 2. The molecule has 2 aromatic rings. The van der Waals surface area contributed by atoms with E-state index in [9.17, 15) is 14.4 Å². The van der Waals surface area contributed by atoms with Crippen LogP contribution in [-0.4, -0.2) is 35.7 Å². The van der Waals surface area contributed by atoms with E-state index < -0.39 is 11.8 Å². The molecule has 1 saturated heterocycles. The normalized spacial score (nSPS) is 16.0. The summed E-state index contributed by atoms with van der Waals surface area (Å²) in [6.45, 7) is 2.59. The van der Waals surface area contributed by atoms with Gasteiger partial charge in [-0.25, -0.2) is 0 Å². The van der Waals surface area contributed by atoms with Gasteiger partial charge < -0.3 is 15.5 Å². The zero-order valence-corrected chi connectivity index (χ0v) is 17.4. The summed E-state index contributed by atoms with van der Waals surface area (Å²) in [5.74, 6) is -1.29. The van der Waals surface area contributed by atoms with E-state index in [2.05, 4.69) is 10.6 Å². The molecule has 3 rings (SSSR count). The molecule has 0 radical (unpaired) electrons. The Bertz CT molecular complexity index is 931. The Kier molecular flexibility index (Phi) is 6.77. The molecule has 6 nitrogen and oxygen atoms in total. The number of rotatable bonds is 6. The number of aryl methyl sites for hydroxylation is 1. The Morgan fingerprint density at radius 3 is 2.59 bits per heavy atom. The lowest BCUT2D eigenvalue weighted by molar-refractivity contribution is -0.129. The van der Waals surface area contributed by atoms with E-state index in [1.165, 1.54) is 6.07 Å². The van der Waals surface area contributed by atoms with Crippen LogP contribution < -0.4 is 10.6 Å². The molecule has 1 unspecified atom stereocenters. The highest BCUT2D eigenvalue weighted by atomic mass is 35.5. The van der Waals surface area contributed by atoms with E-state index in [0.29, 0.717) is 28.8 Å². The van der Waals surface area contributed by atoms with Crippen molar-refractivity contribution in [1.29, 1.82) is 0 Å².